The van der Waals surface area contributed by atoms with Gasteiger partial charge in [-0.15, -0.1) is 0 Å². The molecule has 0 unspecified atom stereocenters. The average molecular weight is 412 g/mol. The predicted octanol–water partition coefficient (Wildman–Crippen LogP) is 4.82. The third kappa shape index (κ3) is 5.18. The lowest BCUT2D eigenvalue weighted by Gasteiger charge is -2.08. The van der Waals surface area contributed by atoms with Gasteiger partial charge < -0.3 is 9.47 Å². The molecule has 0 radical (unpaired) electrons. The molecule has 0 saturated carbocycles. The van der Waals surface area contributed by atoms with Crippen LogP contribution in [-0.2, 0) is 11.3 Å². The van der Waals surface area contributed by atoms with Crippen molar-refractivity contribution in [3.05, 3.63) is 105 Å². The van der Waals surface area contributed by atoms with E-state index in [1.807, 2.05) is 6.07 Å². The van der Waals surface area contributed by atoms with Crippen LogP contribution in [0.25, 0.3) is 0 Å². The Morgan fingerprint density at radius 1 is 0.931 bits per heavy atom. The van der Waals surface area contributed by atoms with E-state index < -0.39 is 16.9 Å². The maximum absolute atomic E-state index is 12.3. The lowest BCUT2D eigenvalue weighted by molar-refractivity contribution is -0.384. The van der Waals surface area contributed by atoms with Crippen LogP contribution in [0.15, 0.2) is 72.8 Å². The molecule has 0 aliphatic carbocycles. The van der Waals surface area contributed by atoms with E-state index in [0.29, 0.717) is 16.9 Å². The maximum Gasteiger partial charge on any atom is 0.343 e. The second-order valence-corrected chi connectivity index (χ2v) is 6.31. The summed E-state index contributed by atoms with van der Waals surface area (Å²) in [7, 11) is 0. The summed E-state index contributed by atoms with van der Waals surface area (Å²) in [6.45, 7) is -0.112. The number of nitro benzene ring substituents is 1. The summed E-state index contributed by atoms with van der Waals surface area (Å²) in [5.41, 5.74) is 0.655. The van der Waals surface area contributed by atoms with Gasteiger partial charge in [0.15, 0.2) is 0 Å². The fourth-order valence-electron chi connectivity index (χ4n) is 2.45. The molecule has 0 aliphatic heterocycles. The van der Waals surface area contributed by atoms with E-state index in [9.17, 15) is 19.7 Å². The van der Waals surface area contributed by atoms with Crippen LogP contribution in [0, 0.1) is 10.1 Å². The summed E-state index contributed by atoms with van der Waals surface area (Å²) in [5.74, 6) is -0.855. The number of benzene rings is 3. The van der Waals surface area contributed by atoms with Gasteiger partial charge in [0.1, 0.15) is 12.4 Å². The molecule has 146 valence electrons. The summed E-state index contributed by atoms with van der Waals surface area (Å²) in [4.78, 5) is 34.6. The van der Waals surface area contributed by atoms with Crippen LogP contribution in [0.2, 0.25) is 5.02 Å². The van der Waals surface area contributed by atoms with Crippen molar-refractivity contribution in [2.24, 2.45) is 0 Å². The van der Waals surface area contributed by atoms with E-state index in [1.54, 1.807) is 48.5 Å². The molecule has 0 saturated heterocycles. The molecule has 29 heavy (non-hydrogen) atoms. The minimum Gasteiger partial charge on any atom is -0.457 e. The van der Waals surface area contributed by atoms with E-state index in [0.717, 1.165) is 6.07 Å². The number of carbonyl (C=O) groups excluding carboxylic acids is 2. The smallest absolute Gasteiger partial charge is 0.343 e. The molecule has 0 bridgehead atoms. The summed E-state index contributed by atoms with van der Waals surface area (Å²) in [5, 5.41) is 10.7. The van der Waals surface area contributed by atoms with Crippen LogP contribution >= 0.6 is 11.6 Å². The maximum atomic E-state index is 12.3. The van der Waals surface area contributed by atoms with E-state index in [-0.39, 0.29) is 22.9 Å². The number of ether oxygens (including phenoxy) is 2. The van der Waals surface area contributed by atoms with Gasteiger partial charge in [-0.25, -0.2) is 9.59 Å². The minimum absolute atomic E-state index is 0.0110. The van der Waals surface area contributed by atoms with E-state index >= 15 is 0 Å². The second-order valence-electron chi connectivity index (χ2n) is 5.90. The summed E-state index contributed by atoms with van der Waals surface area (Å²) in [6, 6.07) is 18.6. The molecule has 0 aliphatic rings. The second kappa shape index (κ2) is 8.99. The average Bonchev–Trinajstić information content (AvgIpc) is 2.72. The molecule has 0 fully saturated rings. The van der Waals surface area contributed by atoms with Gasteiger partial charge in [0.2, 0.25) is 0 Å². The number of nitro groups is 1. The number of hydrogen-bond donors (Lipinski definition) is 0. The van der Waals surface area contributed by atoms with Crippen molar-refractivity contribution in [3.8, 4) is 5.75 Å². The number of para-hydroxylation sites is 1. The predicted molar refractivity (Wildman–Crippen MR) is 105 cm³/mol. The topological polar surface area (TPSA) is 95.7 Å². The van der Waals surface area contributed by atoms with Gasteiger partial charge in [0.05, 0.1) is 21.1 Å². The van der Waals surface area contributed by atoms with Gasteiger partial charge >= 0.3 is 11.9 Å². The Hall–Kier alpha value is -3.71. The normalized spacial score (nSPS) is 10.2. The minimum atomic E-state index is -0.734. The van der Waals surface area contributed by atoms with Crippen LogP contribution in [0.1, 0.15) is 26.3 Å². The zero-order chi connectivity index (χ0) is 20.8. The number of halogens is 1. The first-order valence-electron chi connectivity index (χ1n) is 8.41. The van der Waals surface area contributed by atoms with Gasteiger partial charge in [-0.2, -0.15) is 0 Å². The van der Waals surface area contributed by atoms with Crippen LogP contribution in [0.4, 0.5) is 5.69 Å². The molecule has 0 atom stereocenters. The van der Waals surface area contributed by atoms with Gasteiger partial charge in [-0.05, 0) is 35.9 Å². The first-order valence-corrected chi connectivity index (χ1v) is 8.79. The zero-order valence-corrected chi connectivity index (χ0v) is 15.7. The largest absolute Gasteiger partial charge is 0.457 e. The van der Waals surface area contributed by atoms with Crippen molar-refractivity contribution in [2.75, 3.05) is 0 Å². The quantitative estimate of drug-likeness (QED) is 0.249. The van der Waals surface area contributed by atoms with Gasteiger partial charge in [-0.1, -0.05) is 41.9 Å². The number of non-ortho nitro benzene ring substituents is 1. The fourth-order valence-corrected chi connectivity index (χ4v) is 2.70. The number of hydrogen-bond acceptors (Lipinski definition) is 6. The van der Waals surface area contributed by atoms with Gasteiger partial charge in [-0.3, -0.25) is 10.1 Å². The SMILES string of the molecule is O=C(Oc1ccccc1)c1cccc(COC(=O)c2ccc([N+](=O)[O-])cc2Cl)c1. The molecule has 0 amide bonds. The number of rotatable bonds is 6. The van der Waals surface area contributed by atoms with Crippen molar-refractivity contribution < 1.29 is 24.0 Å². The molecule has 3 aromatic carbocycles. The van der Waals surface area contributed by atoms with Crippen LogP contribution in [0.5, 0.6) is 5.75 Å². The summed E-state index contributed by atoms with van der Waals surface area (Å²) >= 11 is 5.93. The first-order chi connectivity index (χ1) is 13.9. The van der Waals surface area contributed by atoms with Crippen molar-refractivity contribution in [3.63, 3.8) is 0 Å². The number of nitrogens with zero attached hydrogens (tertiary/aromatic N) is 1. The molecule has 0 N–H and O–H groups in total. The molecule has 3 aromatic rings. The Labute approximate surface area is 170 Å². The Morgan fingerprint density at radius 3 is 2.38 bits per heavy atom. The molecular weight excluding hydrogens is 398 g/mol. The molecule has 7 nitrogen and oxygen atoms in total. The Morgan fingerprint density at radius 2 is 1.69 bits per heavy atom. The van der Waals surface area contributed by atoms with Crippen molar-refractivity contribution in [1.29, 1.82) is 0 Å². The van der Waals surface area contributed by atoms with E-state index in [2.05, 4.69) is 0 Å². The Balaban J connectivity index is 1.65. The molecule has 3 rings (SSSR count). The van der Waals surface area contributed by atoms with Crippen molar-refractivity contribution in [2.45, 2.75) is 6.61 Å². The molecule has 8 heteroatoms. The first kappa shape index (κ1) is 20.0. The highest BCUT2D eigenvalue weighted by molar-refractivity contribution is 6.33. The monoisotopic (exact) mass is 411 g/mol. The van der Waals surface area contributed by atoms with Gasteiger partial charge in [0.25, 0.3) is 5.69 Å². The third-order valence-electron chi connectivity index (χ3n) is 3.87. The summed E-state index contributed by atoms with van der Waals surface area (Å²) in [6.07, 6.45) is 0. The highest BCUT2D eigenvalue weighted by atomic mass is 35.5. The summed E-state index contributed by atoms with van der Waals surface area (Å²) < 4.78 is 10.5. The lowest BCUT2D eigenvalue weighted by Crippen LogP contribution is -2.10. The molecular formula is C21H14ClNO6. The molecule has 0 aromatic heterocycles. The zero-order valence-electron chi connectivity index (χ0n) is 14.9. The highest BCUT2D eigenvalue weighted by Gasteiger charge is 2.16. The highest BCUT2D eigenvalue weighted by Crippen LogP contribution is 2.23. The fraction of sp³-hybridized carbons (Fsp3) is 0.0476. The number of esters is 2. The van der Waals surface area contributed by atoms with Crippen molar-refractivity contribution >= 4 is 29.2 Å². The number of carbonyl (C=O) groups is 2. The van der Waals surface area contributed by atoms with Crippen LogP contribution in [0.3, 0.4) is 0 Å². The van der Waals surface area contributed by atoms with Gasteiger partial charge in [0, 0.05) is 12.1 Å². The third-order valence-corrected chi connectivity index (χ3v) is 4.18. The van der Waals surface area contributed by atoms with Crippen LogP contribution in [-0.4, -0.2) is 16.9 Å². The molecule has 0 heterocycles. The van der Waals surface area contributed by atoms with Crippen molar-refractivity contribution in [1.82, 2.24) is 0 Å². The van der Waals surface area contributed by atoms with E-state index in [4.69, 9.17) is 21.1 Å². The van der Waals surface area contributed by atoms with Crippen LogP contribution < -0.4 is 4.74 Å². The van der Waals surface area contributed by atoms with E-state index in [1.165, 1.54) is 12.1 Å². The standard InChI is InChI=1S/C21H14ClNO6/c22-19-12-16(23(26)27)9-10-18(19)21(25)28-13-14-5-4-6-15(11-14)20(24)29-17-7-2-1-3-8-17/h1-12H,13H2. The lowest BCUT2D eigenvalue weighted by atomic mass is 10.1. The molecule has 0 spiro atoms. The Bertz CT molecular complexity index is 1070. The Kier molecular flexibility index (Phi) is 6.21.